The number of guanidine groups is 1. The summed E-state index contributed by atoms with van der Waals surface area (Å²) in [5.74, 6) is 1.86. The van der Waals surface area contributed by atoms with Gasteiger partial charge in [-0.3, -0.25) is 9.89 Å². The third kappa shape index (κ3) is 9.03. The molecule has 0 spiro atoms. The van der Waals surface area contributed by atoms with E-state index < -0.39 is 0 Å². The molecular formula is C24H37IN6. The van der Waals surface area contributed by atoms with Gasteiger partial charge in [0.05, 0.1) is 0 Å². The lowest BCUT2D eigenvalue weighted by atomic mass is 9.97. The zero-order valence-corrected chi connectivity index (χ0v) is 21.1. The van der Waals surface area contributed by atoms with Crippen molar-refractivity contribution in [1.29, 1.82) is 0 Å². The van der Waals surface area contributed by atoms with Crippen LogP contribution in [0.4, 0.5) is 5.82 Å². The van der Waals surface area contributed by atoms with Gasteiger partial charge in [0.2, 0.25) is 0 Å². The lowest BCUT2D eigenvalue weighted by Gasteiger charge is -2.38. The van der Waals surface area contributed by atoms with Crippen LogP contribution in [0.3, 0.4) is 0 Å². The first-order valence-corrected chi connectivity index (χ1v) is 11.1. The van der Waals surface area contributed by atoms with Crippen LogP contribution in [0, 0.1) is 0 Å². The van der Waals surface area contributed by atoms with Crippen LogP contribution >= 0.6 is 24.0 Å². The topological polar surface area (TPSA) is 64.6 Å². The zero-order valence-electron chi connectivity index (χ0n) is 18.8. The van der Waals surface area contributed by atoms with Crippen molar-refractivity contribution in [1.82, 2.24) is 20.5 Å². The van der Waals surface area contributed by atoms with E-state index in [-0.39, 0.29) is 24.0 Å². The first-order chi connectivity index (χ1) is 14.7. The molecule has 7 heteroatoms. The Bertz CT molecular complexity index is 755. The number of aromatic nitrogens is 1. The van der Waals surface area contributed by atoms with Crippen molar-refractivity contribution in [3.8, 4) is 0 Å². The monoisotopic (exact) mass is 536 g/mol. The Morgan fingerprint density at radius 3 is 2.58 bits per heavy atom. The van der Waals surface area contributed by atoms with E-state index >= 15 is 0 Å². The Morgan fingerprint density at radius 2 is 1.87 bits per heavy atom. The van der Waals surface area contributed by atoms with Gasteiger partial charge in [-0.15, -0.1) is 24.0 Å². The maximum Gasteiger partial charge on any atom is 0.191 e. The zero-order chi connectivity index (χ0) is 21.0. The Kier molecular flexibility index (Phi) is 11.7. The standard InChI is InChI=1S/C24H36N6.HI/c1-20-18-22(13-17-30(20)19-21-10-4-3-5-11-21)29-24(25-2)28-16-9-8-15-27-23-12-6-7-14-26-23;/h3-7,10-12,14,20,22H,8-9,13,15-19H2,1-2H3,(H,26,27)(H2,25,28,29);1H. The molecule has 2 unspecified atom stereocenters. The maximum absolute atomic E-state index is 4.41. The van der Waals surface area contributed by atoms with E-state index in [2.05, 4.69) is 68.1 Å². The molecule has 1 fully saturated rings. The van der Waals surface area contributed by atoms with E-state index in [1.807, 2.05) is 31.4 Å². The van der Waals surface area contributed by atoms with Gasteiger partial charge in [-0.1, -0.05) is 36.4 Å². The first kappa shape index (κ1) is 25.4. The summed E-state index contributed by atoms with van der Waals surface area (Å²) >= 11 is 0. The van der Waals surface area contributed by atoms with Crippen molar-refractivity contribution in [2.45, 2.75) is 51.2 Å². The second-order valence-electron chi connectivity index (χ2n) is 8.02. The molecule has 0 bridgehead atoms. The van der Waals surface area contributed by atoms with Gasteiger partial charge in [0.15, 0.2) is 5.96 Å². The predicted octanol–water partition coefficient (Wildman–Crippen LogP) is 4.11. The Morgan fingerprint density at radius 1 is 1.10 bits per heavy atom. The summed E-state index contributed by atoms with van der Waals surface area (Å²) in [6.07, 6.45) is 6.28. The third-order valence-corrected chi connectivity index (χ3v) is 5.67. The summed E-state index contributed by atoms with van der Waals surface area (Å²) < 4.78 is 0. The molecule has 1 aromatic carbocycles. The Balaban J connectivity index is 0.00000341. The molecule has 0 aliphatic carbocycles. The molecular weight excluding hydrogens is 499 g/mol. The number of pyridine rings is 1. The van der Waals surface area contributed by atoms with Crippen molar-refractivity contribution in [3.63, 3.8) is 0 Å². The molecule has 0 saturated carbocycles. The molecule has 1 saturated heterocycles. The van der Waals surface area contributed by atoms with E-state index in [9.17, 15) is 0 Å². The summed E-state index contributed by atoms with van der Waals surface area (Å²) in [5.41, 5.74) is 1.39. The minimum Gasteiger partial charge on any atom is -0.370 e. The van der Waals surface area contributed by atoms with Gasteiger partial charge >= 0.3 is 0 Å². The number of benzene rings is 1. The maximum atomic E-state index is 4.41. The molecule has 3 N–H and O–H groups in total. The highest BCUT2D eigenvalue weighted by molar-refractivity contribution is 14.0. The quantitative estimate of drug-likeness (QED) is 0.195. The average Bonchev–Trinajstić information content (AvgIpc) is 2.78. The SMILES string of the molecule is CN=C(NCCCCNc1ccccn1)NC1CCN(Cc2ccccc2)C(C)C1.I. The van der Waals surface area contributed by atoms with Gasteiger partial charge in [0, 0.05) is 51.5 Å². The number of unbranched alkanes of at least 4 members (excludes halogenated alkanes) is 1. The molecule has 2 aromatic rings. The van der Waals surface area contributed by atoms with Crippen LogP contribution in [0.25, 0.3) is 0 Å². The van der Waals surface area contributed by atoms with Crippen molar-refractivity contribution in [3.05, 3.63) is 60.3 Å². The number of halogens is 1. The van der Waals surface area contributed by atoms with Crippen LogP contribution in [-0.4, -0.2) is 54.6 Å². The lowest BCUT2D eigenvalue weighted by Crippen LogP contribution is -2.51. The van der Waals surface area contributed by atoms with Crippen LogP contribution in [-0.2, 0) is 6.54 Å². The fraction of sp³-hybridized carbons (Fsp3) is 0.500. The van der Waals surface area contributed by atoms with E-state index in [0.29, 0.717) is 12.1 Å². The van der Waals surface area contributed by atoms with Crippen molar-refractivity contribution < 1.29 is 0 Å². The largest absolute Gasteiger partial charge is 0.370 e. The number of piperidine rings is 1. The summed E-state index contributed by atoms with van der Waals surface area (Å²) in [4.78, 5) is 11.3. The van der Waals surface area contributed by atoms with Gasteiger partial charge < -0.3 is 16.0 Å². The molecule has 6 nitrogen and oxygen atoms in total. The second kappa shape index (κ2) is 14.2. The minimum atomic E-state index is 0. The van der Waals surface area contributed by atoms with E-state index in [1.165, 1.54) is 5.56 Å². The summed E-state index contributed by atoms with van der Waals surface area (Å²) in [6, 6.07) is 17.7. The van der Waals surface area contributed by atoms with Crippen LogP contribution < -0.4 is 16.0 Å². The van der Waals surface area contributed by atoms with E-state index in [4.69, 9.17) is 0 Å². The van der Waals surface area contributed by atoms with Gasteiger partial charge in [-0.2, -0.15) is 0 Å². The van der Waals surface area contributed by atoms with Crippen LogP contribution in [0.15, 0.2) is 59.7 Å². The van der Waals surface area contributed by atoms with Gasteiger partial charge in [0.1, 0.15) is 5.82 Å². The number of nitrogens with one attached hydrogen (secondary N) is 3. The normalized spacial score (nSPS) is 19.4. The minimum absolute atomic E-state index is 0. The summed E-state index contributed by atoms with van der Waals surface area (Å²) in [7, 11) is 1.85. The molecule has 1 aromatic heterocycles. The molecule has 0 amide bonds. The average molecular weight is 537 g/mol. The van der Waals surface area contributed by atoms with Crippen LogP contribution in [0.1, 0.15) is 38.2 Å². The second-order valence-corrected chi connectivity index (χ2v) is 8.02. The van der Waals surface area contributed by atoms with Crippen LogP contribution in [0.2, 0.25) is 0 Å². The number of anilines is 1. The molecule has 1 aliphatic rings. The van der Waals surface area contributed by atoms with Gasteiger partial charge in [0.25, 0.3) is 0 Å². The number of likely N-dealkylation sites (tertiary alicyclic amines) is 1. The molecule has 3 rings (SSSR count). The van der Waals surface area contributed by atoms with Gasteiger partial charge in [-0.05, 0) is 50.3 Å². The molecule has 170 valence electrons. The molecule has 0 radical (unpaired) electrons. The third-order valence-electron chi connectivity index (χ3n) is 5.67. The smallest absolute Gasteiger partial charge is 0.191 e. The van der Waals surface area contributed by atoms with E-state index in [0.717, 1.165) is 63.6 Å². The number of hydrogen-bond donors (Lipinski definition) is 3. The molecule has 1 aliphatic heterocycles. The van der Waals surface area contributed by atoms with Crippen LogP contribution in [0.5, 0.6) is 0 Å². The van der Waals surface area contributed by atoms with Gasteiger partial charge in [-0.25, -0.2) is 4.98 Å². The van der Waals surface area contributed by atoms with Crippen molar-refractivity contribution in [2.75, 3.05) is 32.0 Å². The number of nitrogens with zero attached hydrogens (tertiary/aromatic N) is 3. The van der Waals surface area contributed by atoms with Crippen molar-refractivity contribution >= 4 is 35.8 Å². The highest BCUT2D eigenvalue weighted by atomic mass is 127. The fourth-order valence-electron chi connectivity index (χ4n) is 3.93. The lowest BCUT2D eigenvalue weighted by molar-refractivity contribution is 0.134. The van der Waals surface area contributed by atoms with E-state index in [1.54, 1.807) is 0 Å². The molecule has 2 heterocycles. The summed E-state index contributed by atoms with van der Waals surface area (Å²) in [6.45, 7) is 6.34. The Labute approximate surface area is 204 Å². The summed E-state index contributed by atoms with van der Waals surface area (Å²) in [5, 5.41) is 10.4. The first-order valence-electron chi connectivity index (χ1n) is 11.1. The number of aliphatic imine (C=N–C) groups is 1. The molecule has 2 atom stereocenters. The number of rotatable bonds is 9. The fourth-order valence-corrected chi connectivity index (χ4v) is 3.93. The van der Waals surface area contributed by atoms with Crippen molar-refractivity contribution in [2.24, 2.45) is 4.99 Å². The predicted molar refractivity (Wildman–Crippen MR) is 141 cm³/mol. The highest BCUT2D eigenvalue weighted by Crippen LogP contribution is 2.19. The molecule has 31 heavy (non-hydrogen) atoms. The highest BCUT2D eigenvalue weighted by Gasteiger charge is 2.25. The number of hydrogen-bond acceptors (Lipinski definition) is 4. The Hall–Kier alpha value is -1.87.